The minimum absolute atomic E-state index is 0.0928. The summed E-state index contributed by atoms with van der Waals surface area (Å²) in [5, 5.41) is 12.0. The van der Waals surface area contributed by atoms with Gasteiger partial charge in [-0.1, -0.05) is 23.2 Å². The molecule has 1 amide bonds. The van der Waals surface area contributed by atoms with Gasteiger partial charge in [0.05, 0.1) is 10.7 Å². The van der Waals surface area contributed by atoms with Crippen molar-refractivity contribution in [3.63, 3.8) is 0 Å². The fourth-order valence-corrected chi connectivity index (χ4v) is 2.91. The lowest BCUT2D eigenvalue weighted by atomic mass is 10.1. The SMILES string of the molecule is CNc1cc2c(nn1)CCN(C(=O)c1cc(Cl)c(Cl)n1C)C2. The van der Waals surface area contributed by atoms with E-state index in [1.165, 1.54) is 0 Å². The lowest BCUT2D eigenvalue weighted by molar-refractivity contribution is 0.0723. The monoisotopic (exact) mass is 339 g/mol. The number of hydrogen-bond donors (Lipinski definition) is 1. The number of rotatable bonds is 2. The molecule has 2 aromatic rings. The van der Waals surface area contributed by atoms with Crippen LogP contribution in [0.2, 0.25) is 10.2 Å². The molecular weight excluding hydrogens is 325 g/mol. The lowest BCUT2D eigenvalue weighted by Gasteiger charge is -2.28. The molecule has 3 heterocycles. The van der Waals surface area contributed by atoms with Crippen LogP contribution in [0.4, 0.5) is 5.82 Å². The Morgan fingerprint density at radius 1 is 1.32 bits per heavy atom. The average Bonchev–Trinajstić information content (AvgIpc) is 2.80. The normalized spacial score (nSPS) is 13.9. The molecule has 116 valence electrons. The standard InChI is InChI=1S/C14H15Cl2N5O/c1-17-12-5-8-7-21(4-3-10(8)18-19-12)14(22)11-6-9(15)13(16)20(11)2/h5-6H,3-4,7H2,1-2H3,(H,17,19). The first-order chi connectivity index (χ1) is 10.5. The average molecular weight is 340 g/mol. The molecule has 3 rings (SSSR count). The van der Waals surface area contributed by atoms with Gasteiger partial charge in [0.2, 0.25) is 0 Å². The summed E-state index contributed by atoms with van der Waals surface area (Å²) in [7, 11) is 3.51. The van der Waals surface area contributed by atoms with Crippen molar-refractivity contribution in [1.29, 1.82) is 0 Å². The molecule has 0 saturated carbocycles. The summed E-state index contributed by atoms with van der Waals surface area (Å²) >= 11 is 12.0. The van der Waals surface area contributed by atoms with Crippen LogP contribution in [0.15, 0.2) is 12.1 Å². The van der Waals surface area contributed by atoms with Gasteiger partial charge in [-0.2, -0.15) is 5.10 Å². The number of halogens is 2. The van der Waals surface area contributed by atoms with Gasteiger partial charge >= 0.3 is 0 Å². The van der Waals surface area contributed by atoms with Gasteiger partial charge in [-0.3, -0.25) is 4.79 Å². The van der Waals surface area contributed by atoms with Crippen LogP contribution in [0.3, 0.4) is 0 Å². The predicted molar refractivity (Wildman–Crippen MR) is 85.5 cm³/mol. The van der Waals surface area contributed by atoms with E-state index in [0.29, 0.717) is 41.2 Å². The summed E-state index contributed by atoms with van der Waals surface area (Å²) in [6.45, 7) is 1.10. The van der Waals surface area contributed by atoms with Crippen LogP contribution < -0.4 is 5.32 Å². The minimum atomic E-state index is -0.0928. The zero-order valence-corrected chi connectivity index (χ0v) is 13.7. The summed E-state index contributed by atoms with van der Waals surface area (Å²) in [5.74, 6) is 0.600. The smallest absolute Gasteiger partial charge is 0.270 e. The van der Waals surface area contributed by atoms with Crippen molar-refractivity contribution in [2.45, 2.75) is 13.0 Å². The van der Waals surface area contributed by atoms with E-state index in [1.807, 2.05) is 6.07 Å². The summed E-state index contributed by atoms with van der Waals surface area (Å²) in [6.07, 6.45) is 0.684. The number of carbonyl (C=O) groups excluding carboxylic acids is 1. The summed E-state index contributed by atoms with van der Waals surface area (Å²) in [6, 6.07) is 3.53. The molecule has 0 radical (unpaired) electrons. The van der Waals surface area contributed by atoms with E-state index in [-0.39, 0.29) is 5.91 Å². The maximum atomic E-state index is 12.7. The number of fused-ring (bicyclic) bond motifs is 1. The topological polar surface area (TPSA) is 63.1 Å². The van der Waals surface area contributed by atoms with Crippen molar-refractivity contribution in [2.24, 2.45) is 7.05 Å². The van der Waals surface area contributed by atoms with E-state index in [1.54, 1.807) is 29.6 Å². The van der Waals surface area contributed by atoms with E-state index in [9.17, 15) is 4.79 Å². The zero-order chi connectivity index (χ0) is 15.9. The van der Waals surface area contributed by atoms with Gasteiger partial charge in [-0.05, 0) is 17.7 Å². The van der Waals surface area contributed by atoms with Crippen LogP contribution in [0.25, 0.3) is 0 Å². The highest BCUT2D eigenvalue weighted by Crippen LogP contribution is 2.27. The van der Waals surface area contributed by atoms with E-state index in [4.69, 9.17) is 23.2 Å². The van der Waals surface area contributed by atoms with Crippen LogP contribution in [0.5, 0.6) is 0 Å². The molecule has 0 spiro atoms. The highest BCUT2D eigenvalue weighted by molar-refractivity contribution is 6.41. The van der Waals surface area contributed by atoms with Gasteiger partial charge in [0.1, 0.15) is 16.7 Å². The van der Waals surface area contributed by atoms with Gasteiger partial charge in [-0.25, -0.2) is 0 Å². The van der Waals surface area contributed by atoms with E-state index >= 15 is 0 Å². The Morgan fingerprint density at radius 2 is 2.09 bits per heavy atom. The van der Waals surface area contributed by atoms with Gasteiger partial charge < -0.3 is 14.8 Å². The third-order valence-corrected chi connectivity index (χ3v) is 4.66. The number of hydrogen-bond acceptors (Lipinski definition) is 4. The Bertz CT molecular complexity index is 743. The molecule has 2 aromatic heterocycles. The molecule has 0 unspecified atom stereocenters. The van der Waals surface area contributed by atoms with Gasteiger partial charge in [0.25, 0.3) is 5.91 Å². The van der Waals surface area contributed by atoms with Crippen LogP contribution >= 0.6 is 23.2 Å². The molecule has 0 saturated heterocycles. The Balaban J connectivity index is 1.87. The van der Waals surface area contributed by atoms with Crippen LogP contribution in [0, 0.1) is 0 Å². The molecule has 0 aliphatic carbocycles. The Labute approximate surface area is 138 Å². The largest absolute Gasteiger partial charge is 0.372 e. The minimum Gasteiger partial charge on any atom is -0.372 e. The third kappa shape index (κ3) is 2.53. The fraction of sp³-hybridized carbons (Fsp3) is 0.357. The van der Waals surface area contributed by atoms with Gasteiger partial charge in [0.15, 0.2) is 0 Å². The lowest BCUT2D eigenvalue weighted by Crippen LogP contribution is -2.37. The van der Waals surface area contributed by atoms with Crippen molar-refractivity contribution in [1.82, 2.24) is 19.7 Å². The Hall–Kier alpha value is -1.79. The molecule has 1 N–H and O–H groups in total. The maximum Gasteiger partial charge on any atom is 0.270 e. The third-order valence-electron chi connectivity index (χ3n) is 3.82. The molecule has 1 aliphatic rings. The maximum absolute atomic E-state index is 12.7. The molecule has 0 aromatic carbocycles. The molecule has 0 atom stereocenters. The van der Waals surface area contributed by atoms with Crippen molar-refractivity contribution in [3.8, 4) is 0 Å². The second-order valence-electron chi connectivity index (χ2n) is 5.16. The number of anilines is 1. The van der Waals surface area contributed by atoms with Crippen molar-refractivity contribution >= 4 is 34.9 Å². The van der Waals surface area contributed by atoms with Crippen LogP contribution in [0.1, 0.15) is 21.7 Å². The molecule has 6 nitrogen and oxygen atoms in total. The van der Waals surface area contributed by atoms with Crippen molar-refractivity contribution < 1.29 is 4.79 Å². The van der Waals surface area contributed by atoms with E-state index in [2.05, 4.69) is 15.5 Å². The number of amides is 1. The predicted octanol–water partition coefficient (Wildman–Crippen LogP) is 2.36. The van der Waals surface area contributed by atoms with Crippen LogP contribution in [-0.2, 0) is 20.0 Å². The first-order valence-electron chi connectivity index (χ1n) is 6.84. The molecule has 22 heavy (non-hydrogen) atoms. The fourth-order valence-electron chi connectivity index (χ4n) is 2.53. The summed E-state index contributed by atoms with van der Waals surface area (Å²) in [4.78, 5) is 14.5. The molecular formula is C14H15Cl2N5O. The first kappa shape index (κ1) is 15.1. The zero-order valence-electron chi connectivity index (χ0n) is 12.2. The molecule has 1 aliphatic heterocycles. The Morgan fingerprint density at radius 3 is 2.73 bits per heavy atom. The second kappa shape index (κ2) is 5.78. The number of aromatic nitrogens is 3. The van der Waals surface area contributed by atoms with Crippen LogP contribution in [-0.4, -0.2) is 39.2 Å². The van der Waals surface area contributed by atoms with E-state index < -0.39 is 0 Å². The van der Waals surface area contributed by atoms with Crippen molar-refractivity contribution in [3.05, 3.63) is 39.3 Å². The molecule has 0 bridgehead atoms. The van der Waals surface area contributed by atoms with Gasteiger partial charge in [-0.15, -0.1) is 5.10 Å². The highest BCUT2D eigenvalue weighted by atomic mass is 35.5. The second-order valence-corrected chi connectivity index (χ2v) is 5.92. The number of nitrogens with one attached hydrogen (secondary N) is 1. The molecule has 0 fully saturated rings. The first-order valence-corrected chi connectivity index (χ1v) is 7.60. The quantitative estimate of drug-likeness (QED) is 0.912. The highest BCUT2D eigenvalue weighted by Gasteiger charge is 2.26. The number of nitrogens with zero attached hydrogens (tertiary/aromatic N) is 4. The van der Waals surface area contributed by atoms with Gasteiger partial charge in [0, 0.05) is 33.6 Å². The molecule has 8 heteroatoms. The van der Waals surface area contributed by atoms with Crippen molar-refractivity contribution in [2.75, 3.05) is 18.9 Å². The summed E-state index contributed by atoms with van der Waals surface area (Å²) < 4.78 is 1.60. The van der Waals surface area contributed by atoms with E-state index in [0.717, 1.165) is 11.3 Å². The summed E-state index contributed by atoms with van der Waals surface area (Å²) in [5.41, 5.74) is 2.42. The Kier molecular flexibility index (Phi) is 3.97. The number of carbonyl (C=O) groups is 1.